The predicted molar refractivity (Wildman–Crippen MR) is 69.2 cm³/mol. The molecule has 2 amide bonds. The number of nitrogens with one attached hydrogen (secondary N) is 3. The molecular formula is C12H18N4O4. The summed E-state index contributed by atoms with van der Waals surface area (Å²) in [5.74, 6) is -1.09. The molecule has 2 rings (SSSR count). The Labute approximate surface area is 115 Å². The topological polar surface area (TPSA) is 116 Å². The van der Waals surface area contributed by atoms with Gasteiger partial charge in [0.15, 0.2) is 0 Å². The molecule has 1 saturated heterocycles. The van der Waals surface area contributed by atoms with E-state index in [-0.39, 0.29) is 18.6 Å². The van der Waals surface area contributed by atoms with Crippen LogP contribution >= 0.6 is 0 Å². The summed E-state index contributed by atoms with van der Waals surface area (Å²) in [6.07, 6.45) is 3.82. The summed E-state index contributed by atoms with van der Waals surface area (Å²) >= 11 is 0. The highest BCUT2D eigenvalue weighted by Gasteiger charge is 2.27. The number of rotatable bonds is 5. The molecular weight excluding hydrogens is 264 g/mol. The molecule has 0 saturated carbocycles. The number of carbonyl (C=O) groups is 2. The number of nitrogens with zero attached hydrogens (tertiary/aromatic N) is 1. The van der Waals surface area contributed by atoms with Crippen molar-refractivity contribution in [2.75, 3.05) is 6.61 Å². The number of urea groups is 1. The molecule has 1 aliphatic heterocycles. The van der Waals surface area contributed by atoms with Crippen LogP contribution in [0.5, 0.6) is 0 Å². The van der Waals surface area contributed by atoms with Gasteiger partial charge in [-0.1, -0.05) is 0 Å². The van der Waals surface area contributed by atoms with Gasteiger partial charge >= 0.3 is 12.0 Å². The first-order chi connectivity index (χ1) is 9.56. The van der Waals surface area contributed by atoms with Gasteiger partial charge in [-0.15, -0.1) is 0 Å². The van der Waals surface area contributed by atoms with Crippen LogP contribution in [0.1, 0.15) is 19.0 Å². The van der Waals surface area contributed by atoms with E-state index in [2.05, 4.69) is 20.6 Å². The minimum absolute atomic E-state index is 0.0587. The van der Waals surface area contributed by atoms with E-state index in [1.54, 1.807) is 0 Å². The maximum atomic E-state index is 11.8. The first-order valence-corrected chi connectivity index (χ1v) is 6.45. The van der Waals surface area contributed by atoms with E-state index in [0.29, 0.717) is 12.3 Å². The molecule has 8 heteroatoms. The van der Waals surface area contributed by atoms with Gasteiger partial charge < -0.3 is 25.5 Å². The van der Waals surface area contributed by atoms with E-state index < -0.39 is 18.0 Å². The van der Waals surface area contributed by atoms with Crippen molar-refractivity contribution >= 4 is 12.0 Å². The van der Waals surface area contributed by atoms with Crippen LogP contribution in [0.3, 0.4) is 0 Å². The molecule has 0 bridgehead atoms. The number of imidazole rings is 1. The number of aromatic amines is 1. The molecule has 3 atom stereocenters. The second-order valence-corrected chi connectivity index (χ2v) is 4.76. The highest BCUT2D eigenvalue weighted by Crippen LogP contribution is 2.12. The number of carbonyl (C=O) groups excluding carboxylic acids is 1. The third kappa shape index (κ3) is 3.70. The van der Waals surface area contributed by atoms with Crippen LogP contribution in [-0.2, 0) is 16.0 Å². The van der Waals surface area contributed by atoms with E-state index in [1.165, 1.54) is 12.5 Å². The van der Waals surface area contributed by atoms with Crippen LogP contribution in [0.15, 0.2) is 12.5 Å². The largest absolute Gasteiger partial charge is 0.480 e. The molecule has 1 aromatic rings. The lowest BCUT2D eigenvalue weighted by Crippen LogP contribution is -2.51. The lowest BCUT2D eigenvalue weighted by molar-refractivity contribution is -0.139. The maximum absolute atomic E-state index is 11.8. The number of carboxylic acids is 1. The second-order valence-electron chi connectivity index (χ2n) is 4.76. The van der Waals surface area contributed by atoms with Gasteiger partial charge in [-0.05, 0) is 13.3 Å². The lowest BCUT2D eigenvalue weighted by Gasteiger charge is -2.19. The summed E-state index contributed by atoms with van der Waals surface area (Å²) in [6.45, 7) is 2.47. The number of carboxylic acid groups (broad SMARTS) is 1. The zero-order valence-electron chi connectivity index (χ0n) is 11.1. The van der Waals surface area contributed by atoms with Crippen LogP contribution < -0.4 is 10.6 Å². The van der Waals surface area contributed by atoms with Gasteiger partial charge in [0.05, 0.1) is 18.5 Å². The lowest BCUT2D eigenvalue weighted by atomic mass is 10.1. The Morgan fingerprint density at radius 1 is 1.65 bits per heavy atom. The summed E-state index contributed by atoms with van der Waals surface area (Å²) in [6, 6.07) is -1.59. The third-order valence-electron chi connectivity index (χ3n) is 3.28. The number of ether oxygens (including phenoxy) is 1. The Hall–Kier alpha value is -2.09. The molecule has 8 nitrogen and oxygen atoms in total. The van der Waals surface area contributed by atoms with Crippen molar-refractivity contribution in [3.05, 3.63) is 18.2 Å². The van der Waals surface area contributed by atoms with E-state index in [0.717, 1.165) is 6.42 Å². The standard InChI is InChI=1S/C12H18N4O4/c1-7-9(2-3-20-7)15-12(19)16-10(11(17)18)4-8-5-13-6-14-8/h5-7,9-10H,2-4H2,1H3,(H,13,14)(H,17,18)(H2,15,16,19)/t7?,9?,10-/m1/s1. The van der Waals surface area contributed by atoms with E-state index in [9.17, 15) is 9.59 Å². The van der Waals surface area contributed by atoms with Crippen LogP contribution in [0, 0.1) is 0 Å². The average Bonchev–Trinajstić information content (AvgIpc) is 3.01. The smallest absolute Gasteiger partial charge is 0.326 e. The Morgan fingerprint density at radius 3 is 3.00 bits per heavy atom. The quantitative estimate of drug-likeness (QED) is 0.601. The highest BCUT2D eigenvalue weighted by molar-refractivity contribution is 5.82. The Bertz CT molecular complexity index is 462. The Kier molecular flexibility index (Phi) is 4.57. The van der Waals surface area contributed by atoms with Gasteiger partial charge in [-0.2, -0.15) is 0 Å². The molecule has 1 aromatic heterocycles. The predicted octanol–water partition coefficient (Wildman–Crippen LogP) is -0.118. The van der Waals surface area contributed by atoms with Gasteiger partial charge in [0.25, 0.3) is 0 Å². The summed E-state index contributed by atoms with van der Waals surface area (Å²) < 4.78 is 5.33. The summed E-state index contributed by atoms with van der Waals surface area (Å²) in [7, 11) is 0. The highest BCUT2D eigenvalue weighted by atomic mass is 16.5. The van der Waals surface area contributed by atoms with Gasteiger partial charge in [-0.3, -0.25) is 0 Å². The fraction of sp³-hybridized carbons (Fsp3) is 0.583. The van der Waals surface area contributed by atoms with Crippen molar-refractivity contribution in [2.24, 2.45) is 0 Å². The Balaban J connectivity index is 1.87. The van der Waals surface area contributed by atoms with Gasteiger partial charge in [0.1, 0.15) is 6.04 Å². The molecule has 4 N–H and O–H groups in total. The number of H-pyrrole nitrogens is 1. The van der Waals surface area contributed by atoms with Crippen molar-refractivity contribution in [1.82, 2.24) is 20.6 Å². The molecule has 1 aliphatic rings. The van der Waals surface area contributed by atoms with Crippen LogP contribution in [0.25, 0.3) is 0 Å². The van der Waals surface area contributed by atoms with Crippen LogP contribution in [0.4, 0.5) is 4.79 Å². The molecule has 2 heterocycles. The second kappa shape index (κ2) is 6.38. The minimum atomic E-state index is -1.09. The molecule has 110 valence electrons. The molecule has 2 unspecified atom stereocenters. The summed E-state index contributed by atoms with van der Waals surface area (Å²) in [5.41, 5.74) is 0.648. The van der Waals surface area contributed by atoms with Crippen LogP contribution in [0.2, 0.25) is 0 Å². The van der Waals surface area contributed by atoms with E-state index in [1.807, 2.05) is 6.92 Å². The number of aromatic nitrogens is 2. The molecule has 0 spiro atoms. The van der Waals surface area contributed by atoms with Crippen molar-refractivity contribution in [1.29, 1.82) is 0 Å². The van der Waals surface area contributed by atoms with E-state index in [4.69, 9.17) is 9.84 Å². The number of aliphatic carboxylic acids is 1. The molecule has 1 fully saturated rings. The Morgan fingerprint density at radius 2 is 2.45 bits per heavy atom. The van der Waals surface area contributed by atoms with Gasteiger partial charge in [-0.25, -0.2) is 14.6 Å². The van der Waals surface area contributed by atoms with Crippen molar-refractivity contribution in [3.8, 4) is 0 Å². The van der Waals surface area contributed by atoms with Crippen LogP contribution in [-0.4, -0.2) is 51.9 Å². The number of hydrogen-bond donors (Lipinski definition) is 4. The zero-order valence-corrected chi connectivity index (χ0v) is 11.1. The SMILES string of the molecule is CC1OCCC1NC(=O)N[C@H](Cc1cnc[nH]1)C(=O)O. The monoisotopic (exact) mass is 282 g/mol. The fourth-order valence-corrected chi connectivity index (χ4v) is 2.11. The van der Waals surface area contributed by atoms with E-state index >= 15 is 0 Å². The molecule has 0 aromatic carbocycles. The number of hydrogen-bond acceptors (Lipinski definition) is 4. The average molecular weight is 282 g/mol. The summed E-state index contributed by atoms with van der Waals surface area (Å²) in [5, 5.41) is 14.3. The van der Waals surface area contributed by atoms with Crippen molar-refractivity contribution in [3.63, 3.8) is 0 Å². The maximum Gasteiger partial charge on any atom is 0.326 e. The van der Waals surface area contributed by atoms with Crippen molar-refractivity contribution < 1.29 is 19.4 Å². The molecule has 20 heavy (non-hydrogen) atoms. The molecule has 0 radical (unpaired) electrons. The minimum Gasteiger partial charge on any atom is -0.480 e. The fourth-order valence-electron chi connectivity index (χ4n) is 2.11. The van der Waals surface area contributed by atoms with Gasteiger partial charge in [0.2, 0.25) is 0 Å². The zero-order chi connectivity index (χ0) is 14.5. The first-order valence-electron chi connectivity index (χ1n) is 6.45. The normalized spacial score (nSPS) is 23.2. The van der Waals surface area contributed by atoms with Gasteiger partial charge in [0, 0.05) is 24.9 Å². The summed E-state index contributed by atoms with van der Waals surface area (Å²) in [4.78, 5) is 29.6. The molecule has 0 aliphatic carbocycles. The first kappa shape index (κ1) is 14.3. The third-order valence-corrected chi connectivity index (χ3v) is 3.28. The number of amides is 2. The van der Waals surface area contributed by atoms with Crippen molar-refractivity contribution in [2.45, 2.75) is 38.0 Å².